The molecule has 0 saturated carbocycles. The molecule has 0 atom stereocenters. The lowest BCUT2D eigenvalue weighted by molar-refractivity contribution is 0.631. The summed E-state index contributed by atoms with van der Waals surface area (Å²) in [6.07, 6.45) is 5.01. The molecule has 0 fully saturated rings. The van der Waals surface area contributed by atoms with Crippen molar-refractivity contribution < 1.29 is 4.39 Å². The third kappa shape index (κ3) is 3.71. The van der Waals surface area contributed by atoms with Crippen LogP contribution in [-0.4, -0.2) is 0 Å². The zero-order valence-corrected chi connectivity index (χ0v) is 5.82. The quantitative estimate of drug-likeness (QED) is 0.499. The average Bonchev–Trinajstić information content (AvgIpc) is 1.82. The van der Waals surface area contributed by atoms with Crippen LogP contribution in [0.4, 0.5) is 4.39 Å². The minimum Gasteiger partial charge on any atom is -0.212 e. The molecule has 0 aromatic carbocycles. The highest BCUT2D eigenvalue weighted by atomic mass is 19.1. The fraction of sp³-hybridized carbons (Fsp3) is 0.250. The van der Waals surface area contributed by atoms with Gasteiger partial charge in [-0.3, -0.25) is 0 Å². The molecular formula is C8H11F. The second-order valence-electron chi connectivity index (χ2n) is 1.81. The SMILES string of the molecule is C=C/C=C\C(C)=C(/C)F. The van der Waals surface area contributed by atoms with Gasteiger partial charge in [0.1, 0.15) is 0 Å². The smallest absolute Gasteiger partial charge is 0.0997 e. The number of allylic oxidation sites excluding steroid dienone is 5. The van der Waals surface area contributed by atoms with E-state index in [0.717, 1.165) is 0 Å². The third-order valence-corrected chi connectivity index (χ3v) is 1.03. The summed E-state index contributed by atoms with van der Waals surface area (Å²) in [5.41, 5.74) is 0.648. The first-order valence-electron chi connectivity index (χ1n) is 2.80. The standard InChI is InChI=1S/C8H11F/c1-4-5-6-7(2)8(3)9/h4-6H,1H2,2-3H3/b6-5-,8-7+. The molecule has 0 aromatic rings. The number of halogens is 1. The van der Waals surface area contributed by atoms with Gasteiger partial charge in [-0.1, -0.05) is 24.8 Å². The Kier molecular flexibility index (Phi) is 3.69. The number of hydrogen-bond donors (Lipinski definition) is 0. The second-order valence-corrected chi connectivity index (χ2v) is 1.81. The molecule has 0 rings (SSSR count). The summed E-state index contributed by atoms with van der Waals surface area (Å²) >= 11 is 0. The highest BCUT2D eigenvalue weighted by molar-refractivity contribution is 5.21. The average molecular weight is 126 g/mol. The van der Waals surface area contributed by atoms with Crippen LogP contribution < -0.4 is 0 Å². The Bertz CT molecular complexity index is 148. The van der Waals surface area contributed by atoms with Gasteiger partial charge in [0.25, 0.3) is 0 Å². The molecule has 0 aliphatic heterocycles. The minimum absolute atomic E-state index is 0.145. The zero-order chi connectivity index (χ0) is 7.28. The topological polar surface area (TPSA) is 0 Å². The molecule has 0 aliphatic rings. The van der Waals surface area contributed by atoms with E-state index in [2.05, 4.69) is 6.58 Å². The van der Waals surface area contributed by atoms with Gasteiger partial charge in [0, 0.05) is 0 Å². The number of rotatable bonds is 2. The molecule has 0 unspecified atom stereocenters. The molecule has 0 N–H and O–H groups in total. The third-order valence-electron chi connectivity index (χ3n) is 1.03. The van der Waals surface area contributed by atoms with E-state index in [0.29, 0.717) is 5.57 Å². The molecular weight excluding hydrogens is 115 g/mol. The number of hydrogen-bond acceptors (Lipinski definition) is 0. The zero-order valence-electron chi connectivity index (χ0n) is 5.82. The largest absolute Gasteiger partial charge is 0.212 e. The monoisotopic (exact) mass is 126 g/mol. The Morgan fingerprint density at radius 2 is 2.00 bits per heavy atom. The first-order valence-corrected chi connectivity index (χ1v) is 2.80. The lowest BCUT2D eigenvalue weighted by atomic mass is 10.2. The van der Waals surface area contributed by atoms with Crippen molar-refractivity contribution in [3.8, 4) is 0 Å². The van der Waals surface area contributed by atoms with E-state index in [4.69, 9.17) is 0 Å². The van der Waals surface area contributed by atoms with Gasteiger partial charge in [0.15, 0.2) is 0 Å². The second kappa shape index (κ2) is 4.07. The minimum atomic E-state index is -0.145. The van der Waals surface area contributed by atoms with Crippen LogP contribution in [0.25, 0.3) is 0 Å². The lowest BCUT2D eigenvalue weighted by Crippen LogP contribution is -1.69. The van der Waals surface area contributed by atoms with Gasteiger partial charge in [-0.2, -0.15) is 0 Å². The Morgan fingerprint density at radius 3 is 2.33 bits per heavy atom. The molecule has 0 amide bonds. The summed E-state index contributed by atoms with van der Waals surface area (Å²) in [7, 11) is 0. The van der Waals surface area contributed by atoms with E-state index in [1.807, 2.05) is 0 Å². The van der Waals surface area contributed by atoms with Crippen molar-refractivity contribution in [1.29, 1.82) is 0 Å². The van der Waals surface area contributed by atoms with Crippen LogP contribution in [0.2, 0.25) is 0 Å². The predicted octanol–water partition coefficient (Wildman–Crippen LogP) is 2.99. The van der Waals surface area contributed by atoms with Crippen molar-refractivity contribution in [2.75, 3.05) is 0 Å². The fourth-order valence-corrected chi connectivity index (χ4v) is 0.327. The van der Waals surface area contributed by atoms with Gasteiger partial charge in [-0.25, -0.2) is 4.39 Å². The maximum absolute atomic E-state index is 12.2. The van der Waals surface area contributed by atoms with Gasteiger partial charge in [0.2, 0.25) is 0 Å². The van der Waals surface area contributed by atoms with Crippen molar-refractivity contribution in [2.24, 2.45) is 0 Å². The Balaban J connectivity index is 4.06. The summed E-state index contributed by atoms with van der Waals surface area (Å²) in [5.74, 6) is -0.145. The molecule has 50 valence electrons. The molecule has 0 nitrogen and oxygen atoms in total. The van der Waals surface area contributed by atoms with Crippen LogP contribution in [0.15, 0.2) is 36.2 Å². The Labute approximate surface area is 55.4 Å². The summed E-state index contributed by atoms with van der Waals surface area (Å²) in [4.78, 5) is 0. The van der Waals surface area contributed by atoms with E-state index >= 15 is 0 Å². The molecule has 1 heteroatoms. The van der Waals surface area contributed by atoms with Crippen LogP contribution in [0, 0.1) is 0 Å². The molecule has 0 aromatic heterocycles. The van der Waals surface area contributed by atoms with E-state index in [-0.39, 0.29) is 5.83 Å². The first kappa shape index (κ1) is 8.15. The molecule has 0 radical (unpaired) electrons. The maximum atomic E-state index is 12.2. The highest BCUT2D eigenvalue weighted by Gasteiger charge is 1.85. The van der Waals surface area contributed by atoms with Crippen LogP contribution in [0.1, 0.15) is 13.8 Å². The molecule has 0 bridgehead atoms. The lowest BCUT2D eigenvalue weighted by Gasteiger charge is -1.88. The van der Waals surface area contributed by atoms with E-state index < -0.39 is 0 Å². The van der Waals surface area contributed by atoms with Crippen molar-refractivity contribution in [2.45, 2.75) is 13.8 Å². The molecule has 0 saturated heterocycles. The van der Waals surface area contributed by atoms with Gasteiger partial charge < -0.3 is 0 Å². The van der Waals surface area contributed by atoms with Crippen LogP contribution in [0.5, 0.6) is 0 Å². The molecule has 0 heterocycles. The van der Waals surface area contributed by atoms with Gasteiger partial charge in [-0.05, 0) is 19.4 Å². The van der Waals surface area contributed by atoms with Crippen molar-refractivity contribution in [3.05, 3.63) is 36.2 Å². The van der Waals surface area contributed by atoms with Crippen LogP contribution in [-0.2, 0) is 0 Å². The van der Waals surface area contributed by atoms with Gasteiger partial charge >= 0.3 is 0 Å². The van der Waals surface area contributed by atoms with Gasteiger partial charge in [0.05, 0.1) is 5.83 Å². The first-order chi connectivity index (χ1) is 4.18. The van der Waals surface area contributed by atoms with E-state index in [1.54, 1.807) is 25.2 Å². The highest BCUT2D eigenvalue weighted by Crippen LogP contribution is 2.04. The van der Waals surface area contributed by atoms with Gasteiger partial charge in [-0.15, -0.1) is 0 Å². The summed E-state index contributed by atoms with van der Waals surface area (Å²) in [5, 5.41) is 0. The maximum Gasteiger partial charge on any atom is 0.0997 e. The summed E-state index contributed by atoms with van der Waals surface area (Å²) < 4.78 is 12.2. The van der Waals surface area contributed by atoms with Crippen molar-refractivity contribution >= 4 is 0 Å². The van der Waals surface area contributed by atoms with Crippen molar-refractivity contribution in [3.63, 3.8) is 0 Å². The molecule has 0 spiro atoms. The van der Waals surface area contributed by atoms with Crippen LogP contribution in [0.3, 0.4) is 0 Å². The van der Waals surface area contributed by atoms with E-state index in [1.165, 1.54) is 6.92 Å². The van der Waals surface area contributed by atoms with Crippen LogP contribution >= 0.6 is 0 Å². The Hall–Kier alpha value is -0.850. The summed E-state index contributed by atoms with van der Waals surface area (Å²) in [6.45, 7) is 6.61. The fourth-order valence-electron chi connectivity index (χ4n) is 0.327. The Morgan fingerprint density at radius 1 is 1.44 bits per heavy atom. The molecule has 0 aliphatic carbocycles. The van der Waals surface area contributed by atoms with E-state index in [9.17, 15) is 4.39 Å². The normalized spacial score (nSPS) is 13.7. The summed E-state index contributed by atoms with van der Waals surface area (Å²) in [6, 6.07) is 0. The predicted molar refractivity (Wildman–Crippen MR) is 38.8 cm³/mol. The molecule has 9 heavy (non-hydrogen) atoms. The van der Waals surface area contributed by atoms with Crippen molar-refractivity contribution in [1.82, 2.24) is 0 Å².